The number of nitrogens with zero attached hydrogens (tertiary/aromatic N) is 4. The zero-order chi connectivity index (χ0) is 34.7. The number of hydrogen-bond donors (Lipinski definition) is 0. The van der Waals surface area contributed by atoms with E-state index in [1.54, 1.807) is 6.20 Å². The Balaban J connectivity index is 1.23. The minimum absolute atomic E-state index is 0.650. The van der Waals surface area contributed by atoms with Gasteiger partial charge in [-0.15, -0.1) is 0 Å². The van der Waals surface area contributed by atoms with Crippen molar-refractivity contribution in [3.8, 4) is 78.4 Å². The van der Waals surface area contributed by atoms with Gasteiger partial charge in [-0.05, 0) is 87.5 Å². The fourth-order valence-electron chi connectivity index (χ4n) is 6.68. The van der Waals surface area contributed by atoms with Crippen LogP contribution < -0.4 is 0 Å². The van der Waals surface area contributed by atoms with Crippen LogP contribution in [0.4, 0.5) is 0 Å². The first-order valence-corrected chi connectivity index (χ1v) is 17.4. The molecule has 0 saturated heterocycles. The Bertz CT molecular complexity index is 2650. The van der Waals surface area contributed by atoms with Crippen LogP contribution in [0, 0.1) is 0 Å². The van der Waals surface area contributed by atoms with Crippen molar-refractivity contribution in [2.75, 3.05) is 0 Å². The monoisotopic (exact) mass is 664 g/mol. The van der Waals surface area contributed by atoms with E-state index >= 15 is 0 Å². The van der Waals surface area contributed by atoms with E-state index in [0.717, 1.165) is 72.4 Å². The molecule has 0 unspecified atom stereocenters. The molecular weight excluding hydrogens is 633 g/mol. The number of para-hydroxylation sites is 1. The highest BCUT2D eigenvalue weighted by molar-refractivity contribution is 5.85. The Morgan fingerprint density at radius 1 is 0.308 bits per heavy atom. The number of hydrogen-bond acceptors (Lipinski definition) is 4. The largest absolute Gasteiger partial charge is 0.264 e. The summed E-state index contributed by atoms with van der Waals surface area (Å²) in [5.74, 6) is 0.650. The molecular formula is C48H32N4. The molecule has 0 radical (unpaired) electrons. The molecule has 0 saturated carbocycles. The number of rotatable bonds is 7. The number of fused-ring (bicyclic) bond motifs is 1. The predicted octanol–water partition coefficient (Wildman–Crippen LogP) is 12.1. The molecule has 3 heterocycles. The molecule has 0 fully saturated rings. The summed E-state index contributed by atoms with van der Waals surface area (Å²) in [6, 6.07) is 61.3. The third-order valence-electron chi connectivity index (χ3n) is 9.39. The van der Waals surface area contributed by atoms with Gasteiger partial charge >= 0.3 is 0 Å². The van der Waals surface area contributed by atoms with Gasteiger partial charge in [-0.25, -0.2) is 9.97 Å². The summed E-state index contributed by atoms with van der Waals surface area (Å²) < 4.78 is 0. The van der Waals surface area contributed by atoms with Gasteiger partial charge in [0.25, 0.3) is 0 Å². The van der Waals surface area contributed by atoms with Crippen LogP contribution >= 0.6 is 0 Å². The molecule has 0 spiro atoms. The molecule has 0 amide bonds. The van der Waals surface area contributed by atoms with Gasteiger partial charge in [0.05, 0.1) is 16.9 Å². The first kappa shape index (κ1) is 31.0. The minimum atomic E-state index is 0.650. The van der Waals surface area contributed by atoms with Crippen LogP contribution in [0.2, 0.25) is 0 Å². The normalized spacial score (nSPS) is 11.1. The highest BCUT2D eigenvalue weighted by Gasteiger charge is 2.15. The summed E-state index contributed by atoms with van der Waals surface area (Å²) in [5.41, 5.74) is 14.5. The minimum Gasteiger partial charge on any atom is -0.264 e. The van der Waals surface area contributed by atoms with E-state index < -0.39 is 0 Å². The van der Waals surface area contributed by atoms with Crippen molar-refractivity contribution in [3.63, 3.8) is 0 Å². The average Bonchev–Trinajstić information content (AvgIpc) is 3.24. The molecule has 9 rings (SSSR count). The second-order valence-electron chi connectivity index (χ2n) is 12.8. The van der Waals surface area contributed by atoms with Gasteiger partial charge in [-0.2, -0.15) is 0 Å². The quantitative estimate of drug-likeness (QED) is 0.170. The zero-order valence-electron chi connectivity index (χ0n) is 28.3. The Morgan fingerprint density at radius 3 is 1.58 bits per heavy atom. The summed E-state index contributed by atoms with van der Waals surface area (Å²) in [6.45, 7) is 0. The van der Waals surface area contributed by atoms with Gasteiger partial charge in [-0.1, -0.05) is 127 Å². The van der Waals surface area contributed by atoms with E-state index in [1.807, 2.05) is 60.9 Å². The van der Waals surface area contributed by atoms with Gasteiger partial charge < -0.3 is 0 Å². The maximum atomic E-state index is 5.24. The van der Waals surface area contributed by atoms with E-state index in [4.69, 9.17) is 15.0 Å². The first-order chi connectivity index (χ1) is 25.7. The standard InChI is InChI=1S/C48H32N4/c1-3-11-33(12-4-1)34-20-22-35(23-21-34)41-27-42(38-17-9-16-37(25-38)40-18-10-24-49-31-40)29-43(28-41)48-51-46(36-13-5-2-6-14-36)30-47(52-48)44-26-39-15-7-8-19-45(39)50-32-44/h1-32H. The Kier molecular flexibility index (Phi) is 8.16. The Labute approximate surface area is 302 Å². The molecule has 9 aromatic rings. The van der Waals surface area contributed by atoms with Gasteiger partial charge in [-0.3, -0.25) is 9.97 Å². The summed E-state index contributed by atoms with van der Waals surface area (Å²) >= 11 is 0. The summed E-state index contributed by atoms with van der Waals surface area (Å²) in [6.07, 6.45) is 5.61. The third kappa shape index (κ3) is 6.37. The molecule has 4 heteroatoms. The maximum Gasteiger partial charge on any atom is 0.160 e. The van der Waals surface area contributed by atoms with E-state index in [1.165, 1.54) is 11.1 Å². The first-order valence-electron chi connectivity index (χ1n) is 17.4. The predicted molar refractivity (Wildman–Crippen MR) is 213 cm³/mol. The van der Waals surface area contributed by atoms with Gasteiger partial charge in [0, 0.05) is 46.2 Å². The average molecular weight is 665 g/mol. The van der Waals surface area contributed by atoms with Crippen LogP contribution in [0.5, 0.6) is 0 Å². The van der Waals surface area contributed by atoms with Crippen molar-refractivity contribution < 1.29 is 0 Å². The van der Waals surface area contributed by atoms with Crippen LogP contribution in [0.25, 0.3) is 89.3 Å². The molecule has 0 aliphatic heterocycles. The van der Waals surface area contributed by atoms with Crippen LogP contribution in [0.1, 0.15) is 0 Å². The Hall–Kier alpha value is -7.04. The fraction of sp³-hybridized carbons (Fsp3) is 0. The lowest BCUT2D eigenvalue weighted by atomic mass is 9.93. The van der Waals surface area contributed by atoms with Crippen molar-refractivity contribution in [2.24, 2.45) is 0 Å². The van der Waals surface area contributed by atoms with Crippen LogP contribution in [-0.2, 0) is 0 Å². The molecule has 6 aromatic carbocycles. The van der Waals surface area contributed by atoms with E-state index in [9.17, 15) is 0 Å². The second kappa shape index (κ2) is 13.7. The molecule has 52 heavy (non-hydrogen) atoms. The molecule has 0 N–H and O–H groups in total. The highest BCUT2D eigenvalue weighted by atomic mass is 14.9. The van der Waals surface area contributed by atoms with E-state index in [2.05, 4.69) is 132 Å². The zero-order valence-corrected chi connectivity index (χ0v) is 28.3. The van der Waals surface area contributed by atoms with Gasteiger partial charge in [0.1, 0.15) is 0 Å². The molecule has 4 nitrogen and oxygen atoms in total. The molecule has 0 atom stereocenters. The van der Waals surface area contributed by atoms with Crippen molar-refractivity contribution >= 4 is 10.9 Å². The molecule has 0 aliphatic rings. The molecule has 0 aliphatic carbocycles. The third-order valence-corrected chi connectivity index (χ3v) is 9.39. The Morgan fingerprint density at radius 2 is 0.846 bits per heavy atom. The van der Waals surface area contributed by atoms with Crippen molar-refractivity contribution in [2.45, 2.75) is 0 Å². The van der Waals surface area contributed by atoms with E-state index in [-0.39, 0.29) is 0 Å². The summed E-state index contributed by atoms with van der Waals surface area (Å²) in [4.78, 5) is 19.6. The van der Waals surface area contributed by atoms with Crippen LogP contribution in [-0.4, -0.2) is 19.9 Å². The smallest absolute Gasteiger partial charge is 0.160 e. The number of aromatic nitrogens is 4. The lowest BCUT2D eigenvalue weighted by Crippen LogP contribution is -1.97. The number of pyridine rings is 2. The van der Waals surface area contributed by atoms with Crippen LogP contribution in [0.15, 0.2) is 195 Å². The fourth-order valence-corrected chi connectivity index (χ4v) is 6.68. The maximum absolute atomic E-state index is 5.24. The van der Waals surface area contributed by atoms with Crippen LogP contribution in [0.3, 0.4) is 0 Å². The topological polar surface area (TPSA) is 51.6 Å². The lowest BCUT2D eigenvalue weighted by molar-refractivity contribution is 1.18. The molecule has 3 aromatic heterocycles. The van der Waals surface area contributed by atoms with Crippen molar-refractivity contribution in [3.05, 3.63) is 195 Å². The SMILES string of the molecule is c1ccc(-c2ccc(-c3cc(-c4cccc(-c5cccnc5)c4)cc(-c4nc(-c5ccccc5)cc(-c5cnc6ccccc6c5)n4)c3)cc2)cc1. The molecule has 244 valence electrons. The van der Waals surface area contributed by atoms with Gasteiger partial charge in [0.15, 0.2) is 5.82 Å². The number of benzene rings is 6. The van der Waals surface area contributed by atoms with Crippen molar-refractivity contribution in [1.29, 1.82) is 0 Å². The highest BCUT2D eigenvalue weighted by Crippen LogP contribution is 2.36. The second-order valence-corrected chi connectivity index (χ2v) is 12.8. The van der Waals surface area contributed by atoms with E-state index in [0.29, 0.717) is 5.82 Å². The van der Waals surface area contributed by atoms with Crippen molar-refractivity contribution in [1.82, 2.24) is 19.9 Å². The molecule has 0 bridgehead atoms. The summed E-state index contributed by atoms with van der Waals surface area (Å²) in [7, 11) is 0. The lowest BCUT2D eigenvalue weighted by Gasteiger charge is -2.14. The summed E-state index contributed by atoms with van der Waals surface area (Å²) in [5, 5.41) is 1.07. The van der Waals surface area contributed by atoms with Gasteiger partial charge in [0.2, 0.25) is 0 Å².